The Morgan fingerprint density at radius 1 is 1.16 bits per heavy atom. The first-order valence-electron chi connectivity index (χ1n) is 7.10. The smallest absolute Gasteiger partial charge is 0.309 e. The lowest BCUT2D eigenvalue weighted by Gasteiger charge is -2.30. The van der Waals surface area contributed by atoms with Gasteiger partial charge in [-0.2, -0.15) is 0 Å². The molecule has 0 spiro atoms. The molecule has 1 unspecified atom stereocenters. The van der Waals surface area contributed by atoms with Gasteiger partial charge in [-0.3, -0.25) is 9.59 Å². The first kappa shape index (κ1) is 20.2. The summed E-state index contributed by atoms with van der Waals surface area (Å²) in [5.41, 5.74) is -0.0502. The molecule has 1 atom stereocenters. The molecular formula is C14H31N3O2. The lowest BCUT2D eigenvalue weighted by molar-refractivity contribution is -0.138. The van der Waals surface area contributed by atoms with E-state index in [2.05, 4.69) is 43.6 Å². The van der Waals surface area contributed by atoms with Crippen molar-refractivity contribution in [2.75, 3.05) is 13.6 Å². The molecule has 0 aliphatic rings. The van der Waals surface area contributed by atoms with E-state index in [1.807, 2.05) is 13.8 Å². The van der Waals surface area contributed by atoms with Crippen LogP contribution in [0, 0.1) is 0 Å². The average molecular weight is 273 g/mol. The second-order valence-electron chi connectivity index (χ2n) is 4.92. The molecule has 0 aromatic heterocycles. The monoisotopic (exact) mass is 273 g/mol. The minimum atomic E-state index is -0.599. The fourth-order valence-corrected chi connectivity index (χ4v) is 1.52. The molecule has 114 valence electrons. The second-order valence-corrected chi connectivity index (χ2v) is 4.92. The summed E-state index contributed by atoms with van der Waals surface area (Å²) in [4.78, 5) is 22.1. The zero-order valence-corrected chi connectivity index (χ0v) is 13.5. The van der Waals surface area contributed by atoms with Crippen molar-refractivity contribution in [3.05, 3.63) is 0 Å². The molecule has 5 heteroatoms. The Bertz CT molecular complexity index is 265. The Morgan fingerprint density at radius 2 is 1.68 bits per heavy atom. The third-order valence-electron chi connectivity index (χ3n) is 2.72. The van der Waals surface area contributed by atoms with Gasteiger partial charge in [0.05, 0.1) is 0 Å². The number of rotatable bonds is 6. The number of hydrogen-bond acceptors (Lipinski definition) is 3. The maximum absolute atomic E-state index is 11.2. The van der Waals surface area contributed by atoms with E-state index in [1.54, 1.807) is 0 Å². The Kier molecular flexibility index (Phi) is 11.5. The molecule has 0 bridgehead atoms. The topological polar surface area (TPSA) is 70.2 Å². The van der Waals surface area contributed by atoms with Gasteiger partial charge in [-0.05, 0) is 33.6 Å². The summed E-state index contributed by atoms with van der Waals surface area (Å²) in [6, 6.07) is 0.444. The fraction of sp³-hybridized carbons (Fsp3) is 0.857. The van der Waals surface area contributed by atoms with Gasteiger partial charge in [0.15, 0.2) is 0 Å². The quantitative estimate of drug-likeness (QED) is 0.641. The molecule has 0 heterocycles. The van der Waals surface area contributed by atoms with Crippen LogP contribution in [0.5, 0.6) is 0 Å². The van der Waals surface area contributed by atoms with Crippen molar-refractivity contribution in [3.8, 4) is 0 Å². The first-order chi connectivity index (χ1) is 8.82. The highest BCUT2D eigenvalue weighted by Gasteiger charge is 2.20. The van der Waals surface area contributed by atoms with Gasteiger partial charge in [-0.15, -0.1) is 0 Å². The van der Waals surface area contributed by atoms with E-state index in [1.165, 1.54) is 7.05 Å². The Morgan fingerprint density at radius 3 is 2.11 bits per heavy atom. The molecule has 0 saturated carbocycles. The third-order valence-corrected chi connectivity index (χ3v) is 2.72. The zero-order chi connectivity index (χ0) is 15.5. The Balaban J connectivity index is 0. The number of carbonyl (C=O) groups is 2. The Labute approximate surface area is 117 Å². The van der Waals surface area contributed by atoms with Crippen LogP contribution < -0.4 is 16.0 Å². The molecule has 2 amide bonds. The summed E-state index contributed by atoms with van der Waals surface area (Å²) >= 11 is 0. The van der Waals surface area contributed by atoms with Gasteiger partial charge in [-0.25, -0.2) is 0 Å². The summed E-state index contributed by atoms with van der Waals surface area (Å²) in [6.07, 6.45) is 1.84. The highest BCUT2D eigenvalue weighted by molar-refractivity contribution is 6.34. The molecule has 0 aliphatic heterocycles. The predicted molar refractivity (Wildman–Crippen MR) is 80.0 cm³/mol. The molecule has 19 heavy (non-hydrogen) atoms. The largest absolute Gasteiger partial charge is 0.351 e. The molecule has 5 nitrogen and oxygen atoms in total. The summed E-state index contributed by atoms with van der Waals surface area (Å²) in [6.45, 7) is 12.9. The van der Waals surface area contributed by atoms with Crippen LogP contribution in [-0.2, 0) is 9.59 Å². The molecule has 3 N–H and O–H groups in total. The van der Waals surface area contributed by atoms with E-state index >= 15 is 0 Å². The van der Waals surface area contributed by atoms with Crippen molar-refractivity contribution in [3.63, 3.8) is 0 Å². The van der Waals surface area contributed by atoms with Gasteiger partial charge >= 0.3 is 11.8 Å². The standard InChI is InChI=1S/C12H25N3O2.C2H6/c1-6-9(2)15-12(3,4)7-8-14-11(17)10(16)13-5;1-2/h9,15H,6-8H2,1-5H3,(H,13,16)(H,14,17);1-2H3. The molecule has 0 aromatic rings. The van der Waals surface area contributed by atoms with Crippen molar-refractivity contribution >= 4 is 11.8 Å². The van der Waals surface area contributed by atoms with E-state index in [0.717, 1.165) is 12.8 Å². The number of likely N-dealkylation sites (N-methyl/N-ethyl adjacent to an activating group) is 1. The van der Waals surface area contributed by atoms with Crippen molar-refractivity contribution < 1.29 is 9.59 Å². The lowest BCUT2D eigenvalue weighted by Crippen LogP contribution is -2.47. The van der Waals surface area contributed by atoms with Crippen molar-refractivity contribution in [1.82, 2.24) is 16.0 Å². The maximum Gasteiger partial charge on any atom is 0.309 e. The fourth-order valence-electron chi connectivity index (χ4n) is 1.52. The van der Waals surface area contributed by atoms with Gasteiger partial charge in [0.2, 0.25) is 0 Å². The highest BCUT2D eigenvalue weighted by atomic mass is 16.2. The zero-order valence-electron chi connectivity index (χ0n) is 13.5. The third kappa shape index (κ3) is 10.5. The molecular weight excluding hydrogens is 242 g/mol. The molecule has 0 fully saturated rings. The van der Waals surface area contributed by atoms with Gasteiger partial charge in [0, 0.05) is 25.2 Å². The van der Waals surface area contributed by atoms with Crippen molar-refractivity contribution in [2.24, 2.45) is 0 Å². The van der Waals surface area contributed by atoms with E-state index in [0.29, 0.717) is 12.6 Å². The van der Waals surface area contributed by atoms with Crippen molar-refractivity contribution in [1.29, 1.82) is 0 Å². The van der Waals surface area contributed by atoms with E-state index in [4.69, 9.17) is 0 Å². The Hall–Kier alpha value is -1.10. The van der Waals surface area contributed by atoms with Gasteiger partial charge in [-0.1, -0.05) is 20.8 Å². The van der Waals surface area contributed by atoms with Gasteiger partial charge in [0.25, 0.3) is 0 Å². The SMILES string of the molecule is CC.CCC(C)NC(C)(C)CCNC(=O)C(=O)NC. The van der Waals surface area contributed by atoms with Crippen LogP contribution in [0.1, 0.15) is 54.4 Å². The predicted octanol–water partition coefficient (Wildman–Crippen LogP) is 1.43. The van der Waals surface area contributed by atoms with Gasteiger partial charge in [0.1, 0.15) is 0 Å². The average Bonchev–Trinajstić information content (AvgIpc) is 2.38. The second kappa shape index (κ2) is 10.8. The van der Waals surface area contributed by atoms with E-state index in [9.17, 15) is 9.59 Å². The summed E-state index contributed by atoms with van der Waals surface area (Å²) in [5, 5.41) is 8.35. The number of amides is 2. The van der Waals surface area contributed by atoms with Gasteiger partial charge < -0.3 is 16.0 Å². The summed E-state index contributed by atoms with van der Waals surface area (Å²) < 4.78 is 0. The van der Waals surface area contributed by atoms with Crippen LogP contribution in [-0.4, -0.2) is 37.0 Å². The van der Waals surface area contributed by atoms with E-state index in [-0.39, 0.29) is 5.54 Å². The molecule has 0 rings (SSSR count). The number of carbonyl (C=O) groups excluding carboxylic acids is 2. The van der Waals surface area contributed by atoms with Crippen LogP contribution in [0.4, 0.5) is 0 Å². The van der Waals surface area contributed by atoms with Crippen LogP contribution in [0.15, 0.2) is 0 Å². The minimum absolute atomic E-state index is 0.0502. The first-order valence-corrected chi connectivity index (χ1v) is 7.10. The van der Waals surface area contributed by atoms with E-state index < -0.39 is 11.8 Å². The number of nitrogens with one attached hydrogen (secondary N) is 3. The maximum atomic E-state index is 11.2. The van der Waals surface area contributed by atoms with Crippen LogP contribution in [0.3, 0.4) is 0 Å². The molecule has 0 aromatic carbocycles. The minimum Gasteiger partial charge on any atom is -0.351 e. The lowest BCUT2D eigenvalue weighted by atomic mass is 9.99. The summed E-state index contributed by atoms with van der Waals surface area (Å²) in [7, 11) is 1.44. The molecule has 0 aliphatic carbocycles. The normalized spacial score (nSPS) is 11.9. The van der Waals surface area contributed by atoms with Crippen LogP contribution in [0.25, 0.3) is 0 Å². The van der Waals surface area contributed by atoms with Crippen LogP contribution in [0.2, 0.25) is 0 Å². The number of hydrogen-bond donors (Lipinski definition) is 3. The highest BCUT2D eigenvalue weighted by Crippen LogP contribution is 2.09. The van der Waals surface area contributed by atoms with Crippen molar-refractivity contribution in [2.45, 2.75) is 66.0 Å². The van der Waals surface area contributed by atoms with Crippen LogP contribution >= 0.6 is 0 Å². The molecule has 0 radical (unpaired) electrons. The summed E-state index contributed by atoms with van der Waals surface area (Å²) in [5.74, 6) is -1.18. The molecule has 0 saturated heterocycles.